The Morgan fingerprint density at radius 1 is 1.14 bits per heavy atom. The molecule has 2 aliphatic rings. The number of allylic oxidation sites excluding steroid dienone is 3. The molecule has 0 saturated heterocycles. The summed E-state index contributed by atoms with van der Waals surface area (Å²) in [6.45, 7) is 3.02. The Kier molecular flexibility index (Phi) is 5.76. The number of rotatable bonds is 3. The standard InChI is InChI=1S/C20H19Cl2F3O2S/c1-11-5-12(3-4-17(11)18(2,26)27)13-9-19(28-10-13,20(23,24)25)14-6-15(21)8-16(22)7-14/h3-4,6-8,10,12,26-27H,5,9H2,1-2H3. The van der Waals surface area contributed by atoms with E-state index in [4.69, 9.17) is 23.2 Å². The van der Waals surface area contributed by atoms with Crippen molar-refractivity contribution in [1.29, 1.82) is 0 Å². The molecule has 1 aromatic carbocycles. The van der Waals surface area contributed by atoms with Crippen LogP contribution in [0.15, 0.2) is 52.5 Å². The number of hydrogen-bond donors (Lipinski definition) is 2. The van der Waals surface area contributed by atoms with Gasteiger partial charge in [-0.2, -0.15) is 13.2 Å². The Hall–Kier alpha value is -0.920. The second-order valence-corrected chi connectivity index (χ2v) is 9.40. The second kappa shape index (κ2) is 7.40. The van der Waals surface area contributed by atoms with E-state index in [9.17, 15) is 23.4 Å². The molecular formula is C20H19Cl2F3O2S. The number of hydrogen-bond acceptors (Lipinski definition) is 3. The van der Waals surface area contributed by atoms with Crippen LogP contribution in [0.25, 0.3) is 0 Å². The first kappa shape index (κ1) is 21.8. The minimum atomic E-state index is -4.51. The van der Waals surface area contributed by atoms with Gasteiger partial charge in [0.1, 0.15) is 4.75 Å². The predicted molar refractivity (Wildman–Crippen MR) is 107 cm³/mol. The van der Waals surface area contributed by atoms with Gasteiger partial charge in [0.05, 0.1) is 0 Å². The quantitative estimate of drug-likeness (QED) is 0.525. The van der Waals surface area contributed by atoms with Gasteiger partial charge in [0, 0.05) is 21.5 Å². The minimum Gasteiger partial charge on any atom is -0.362 e. The van der Waals surface area contributed by atoms with E-state index < -0.39 is 16.7 Å². The van der Waals surface area contributed by atoms with Gasteiger partial charge in [-0.3, -0.25) is 0 Å². The van der Waals surface area contributed by atoms with Gasteiger partial charge in [0.15, 0.2) is 5.79 Å². The molecule has 2 N–H and O–H groups in total. The number of aliphatic hydroxyl groups is 2. The average molecular weight is 451 g/mol. The van der Waals surface area contributed by atoms with Crippen LogP contribution in [-0.2, 0) is 4.75 Å². The molecule has 28 heavy (non-hydrogen) atoms. The van der Waals surface area contributed by atoms with Crippen LogP contribution in [0.5, 0.6) is 0 Å². The maximum absolute atomic E-state index is 14.2. The molecule has 1 aromatic rings. The zero-order valence-corrected chi connectivity index (χ0v) is 17.5. The minimum absolute atomic E-state index is 0.0276. The first-order valence-corrected chi connectivity index (χ1v) is 10.2. The molecule has 1 aliphatic heterocycles. The smallest absolute Gasteiger partial charge is 0.362 e. The van der Waals surface area contributed by atoms with E-state index in [2.05, 4.69) is 0 Å². The molecule has 0 aromatic heterocycles. The highest BCUT2D eigenvalue weighted by Gasteiger charge is 2.59. The highest BCUT2D eigenvalue weighted by molar-refractivity contribution is 8.03. The largest absolute Gasteiger partial charge is 0.407 e. The molecule has 0 saturated carbocycles. The number of alkyl halides is 3. The fraction of sp³-hybridized carbons (Fsp3) is 0.400. The summed E-state index contributed by atoms with van der Waals surface area (Å²) in [7, 11) is 0. The lowest BCUT2D eigenvalue weighted by Gasteiger charge is -2.33. The molecule has 2 nitrogen and oxygen atoms in total. The molecule has 3 rings (SSSR count). The van der Waals surface area contributed by atoms with E-state index >= 15 is 0 Å². The van der Waals surface area contributed by atoms with Crippen molar-refractivity contribution in [2.24, 2.45) is 5.92 Å². The van der Waals surface area contributed by atoms with E-state index in [1.165, 1.54) is 25.1 Å². The monoisotopic (exact) mass is 450 g/mol. The van der Waals surface area contributed by atoms with Gasteiger partial charge < -0.3 is 10.2 Å². The summed E-state index contributed by atoms with van der Waals surface area (Å²) in [5.74, 6) is -2.21. The Morgan fingerprint density at radius 2 is 1.75 bits per heavy atom. The molecule has 8 heteroatoms. The molecule has 1 heterocycles. The van der Waals surface area contributed by atoms with Gasteiger partial charge >= 0.3 is 6.18 Å². The van der Waals surface area contributed by atoms with Crippen LogP contribution in [0.3, 0.4) is 0 Å². The topological polar surface area (TPSA) is 40.5 Å². The van der Waals surface area contributed by atoms with Crippen LogP contribution in [0.2, 0.25) is 10.0 Å². The van der Waals surface area contributed by atoms with Crippen molar-refractivity contribution in [3.8, 4) is 0 Å². The predicted octanol–water partition coefficient (Wildman–Crippen LogP) is 6.37. The highest BCUT2D eigenvalue weighted by atomic mass is 35.5. The van der Waals surface area contributed by atoms with E-state index in [-0.39, 0.29) is 27.9 Å². The highest BCUT2D eigenvalue weighted by Crippen LogP contribution is 2.60. The van der Waals surface area contributed by atoms with Crippen LogP contribution in [0, 0.1) is 5.92 Å². The van der Waals surface area contributed by atoms with E-state index in [0.29, 0.717) is 17.6 Å². The lowest BCUT2D eigenvalue weighted by atomic mass is 9.79. The molecule has 0 bridgehead atoms. The second-order valence-electron chi connectivity index (χ2n) is 7.35. The van der Waals surface area contributed by atoms with Crippen LogP contribution < -0.4 is 0 Å². The number of benzene rings is 1. The van der Waals surface area contributed by atoms with E-state index in [1.807, 2.05) is 0 Å². The fourth-order valence-corrected chi connectivity index (χ4v) is 5.51. The molecule has 2 unspecified atom stereocenters. The summed E-state index contributed by atoms with van der Waals surface area (Å²) in [5, 5.41) is 21.5. The Labute approximate surface area is 175 Å². The summed E-state index contributed by atoms with van der Waals surface area (Å²) < 4.78 is 40.4. The molecule has 1 aliphatic carbocycles. The number of thioether (sulfide) groups is 1. The molecular weight excluding hydrogens is 432 g/mol. The van der Waals surface area contributed by atoms with Crippen LogP contribution in [-0.4, -0.2) is 22.2 Å². The van der Waals surface area contributed by atoms with Crippen LogP contribution in [0.1, 0.15) is 32.3 Å². The fourth-order valence-electron chi connectivity index (χ4n) is 3.73. The number of halogens is 5. The molecule has 0 amide bonds. The molecule has 2 atom stereocenters. The molecule has 152 valence electrons. The summed E-state index contributed by atoms with van der Waals surface area (Å²) in [6.07, 6.45) is -0.979. The van der Waals surface area contributed by atoms with Crippen molar-refractivity contribution in [1.82, 2.24) is 0 Å². The third kappa shape index (κ3) is 4.03. The van der Waals surface area contributed by atoms with Gasteiger partial charge in [0.25, 0.3) is 0 Å². The molecule has 0 radical (unpaired) electrons. The maximum atomic E-state index is 14.2. The zero-order chi connectivity index (χ0) is 20.9. The van der Waals surface area contributed by atoms with Gasteiger partial charge in [-0.1, -0.05) is 46.5 Å². The van der Waals surface area contributed by atoms with Crippen molar-refractivity contribution in [2.45, 2.75) is 43.4 Å². The summed E-state index contributed by atoms with van der Waals surface area (Å²) in [4.78, 5) is 0. The van der Waals surface area contributed by atoms with Crippen LogP contribution in [0.4, 0.5) is 13.2 Å². The van der Waals surface area contributed by atoms with Gasteiger partial charge in [-0.05, 0) is 55.9 Å². The summed E-state index contributed by atoms with van der Waals surface area (Å²) >= 11 is 12.6. The van der Waals surface area contributed by atoms with Crippen LogP contribution >= 0.6 is 35.0 Å². The van der Waals surface area contributed by atoms with Crippen molar-refractivity contribution in [3.63, 3.8) is 0 Å². The van der Waals surface area contributed by atoms with Crippen molar-refractivity contribution in [2.75, 3.05) is 0 Å². The normalized spacial score (nSPS) is 26.0. The Bertz CT molecular complexity index is 864. The zero-order valence-electron chi connectivity index (χ0n) is 15.1. The maximum Gasteiger partial charge on any atom is 0.407 e. The van der Waals surface area contributed by atoms with Gasteiger partial charge in [-0.25, -0.2) is 0 Å². The molecule has 0 fully saturated rings. The Balaban J connectivity index is 1.91. The third-order valence-electron chi connectivity index (χ3n) is 5.12. The van der Waals surface area contributed by atoms with Gasteiger partial charge in [0.2, 0.25) is 0 Å². The van der Waals surface area contributed by atoms with E-state index in [1.54, 1.807) is 24.5 Å². The Morgan fingerprint density at radius 3 is 2.25 bits per heavy atom. The lowest BCUT2D eigenvalue weighted by molar-refractivity contribution is -0.161. The SMILES string of the molecule is CC1=C(C(C)(O)O)C=CC(C2=CSC(c3cc(Cl)cc(Cl)c3)(C(F)(F)F)C2)C1. The lowest BCUT2D eigenvalue weighted by Crippen LogP contribution is -2.38. The van der Waals surface area contributed by atoms with Crippen molar-refractivity contribution >= 4 is 35.0 Å². The van der Waals surface area contributed by atoms with Crippen molar-refractivity contribution in [3.05, 3.63) is 68.1 Å². The van der Waals surface area contributed by atoms with Gasteiger partial charge in [-0.15, -0.1) is 11.8 Å². The first-order valence-electron chi connectivity index (χ1n) is 8.57. The van der Waals surface area contributed by atoms with Crippen molar-refractivity contribution < 1.29 is 23.4 Å². The third-order valence-corrected chi connectivity index (χ3v) is 6.99. The summed E-state index contributed by atoms with van der Waals surface area (Å²) in [5.41, 5.74) is 1.78. The summed E-state index contributed by atoms with van der Waals surface area (Å²) in [6, 6.07) is 4.03. The average Bonchev–Trinajstić information content (AvgIpc) is 2.99. The first-order chi connectivity index (χ1) is 12.8. The molecule has 0 spiro atoms. The van der Waals surface area contributed by atoms with E-state index in [0.717, 1.165) is 17.3 Å².